The second kappa shape index (κ2) is 6.13. The lowest BCUT2D eigenvalue weighted by atomic mass is 9.89. The smallest absolute Gasteiger partial charge is 0.167 e. The summed E-state index contributed by atoms with van der Waals surface area (Å²) in [4.78, 5) is 12.9. The Bertz CT molecular complexity index is 965. The van der Waals surface area contributed by atoms with Gasteiger partial charge in [0, 0.05) is 23.2 Å². The third-order valence-electron chi connectivity index (χ3n) is 4.74. The van der Waals surface area contributed by atoms with Gasteiger partial charge in [0.15, 0.2) is 17.3 Å². The van der Waals surface area contributed by atoms with Crippen molar-refractivity contribution >= 4 is 22.2 Å². The second-order valence-electron chi connectivity index (χ2n) is 6.12. The number of carbonyl (C=O) groups excluding carboxylic acids is 1. The largest absolute Gasteiger partial charge is 0.493 e. The van der Waals surface area contributed by atoms with Gasteiger partial charge in [0.1, 0.15) is 0 Å². The van der Waals surface area contributed by atoms with Crippen molar-refractivity contribution in [1.29, 1.82) is 0 Å². The van der Waals surface area contributed by atoms with Crippen LogP contribution in [0.3, 0.4) is 0 Å². The molecular formula is C21H19NO3. The Kier molecular flexibility index (Phi) is 3.80. The molecule has 4 heteroatoms. The summed E-state index contributed by atoms with van der Waals surface area (Å²) in [6.45, 7) is 0. The number of anilines is 1. The van der Waals surface area contributed by atoms with Crippen molar-refractivity contribution in [1.82, 2.24) is 0 Å². The molecule has 0 amide bonds. The molecule has 0 spiro atoms. The van der Waals surface area contributed by atoms with Crippen LogP contribution < -0.4 is 14.8 Å². The fraction of sp³-hybridized carbons (Fsp3) is 0.190. The number of carbonyl (C=O) groups is 1. The molecule has 1 aliphatic rings. The Labute approximate surface area is 146 Å². The quantitative estimate of drug-likeness (QED) is 0.761. The van der Waals surface area contributed by atoms with Crippen LogP contribution in [0.2, 0.25) is 0 Å². The van der Waals surface area contributed by atoms with Crippen molar-refractivity contribution < 1.29 is 14.3 Å². The zero-order valence-corrected chi connectivity index (χ0v) is 14.2. The summed E-state index contributed by atoms with van der Waals surface area (Å²) in [7, 11) is 3.23. The van der Waals surface area contributed by atoms with E-state index in [1.54, 1.807) is 14.2 Å². The molecule has 0 bridgehead atoms. The fourth-order valence-electron chi connectivity index (χ4n) is 3.59. The summed E-state index contributed by atoms with van der Waals surface area (Å²) in [5, 5.41) is 5.58. The van der Waals surface area contributed by atoms with Gasteiger partial charge >= 0.3 is 0 Å². The topological polar surface area (TPSA) is 47.6 Å². The summed E-state index contributed by atoms with van der Waals surface area (Å²) >= 11 is 0. The fourth-order valence-corrected chi connectivity index (χ4v) is 3.59. The molecule has 0 saturated heterocycles. The molecule has 0 fully saturated rings. The molecule has 0 aromatic heterocycles. The first-order valence-corrected chi connectivity index (χ1v) is 8.25. The number of ketones is 1. The molecule has 126 valence electrons. The number of hydrogen-bond acceptors (Lipinski definition) is 4. The van der Waals surface area contributed by atoms with Crippen LogP contribution in [0.15, 0.2) is 54.6 Å². The minimum atomic E-state index is -0.147. The number of rotatable bonds is 3. The minimum Gasteiger partial charge on any atom is -0.493 e. The van der Waals surface area contributed by atoms with Gasteiger partial charge in [0.25, 0.3) is 0 Å². The van der Waals surface area contributed by atoms with E-state index >= 15 is 0 Å². The molecule has 0 saturated carbocycles. The summed E-state index contributed by atoms with van der Waals surface area (Å²) in [5.74, 6) is 1.47. The number of ether oxygens (including phenoxy) is 2. The monoisotopic (exact) mass is 333 g/mol. The van der Waals surface area contributed by atoms with E-state index in [-0.39, 0.29) is 11.8 Å². The van der Waals surface area contributed by atoms with Crippen molar-refractivity contribution in [2.24, 2.45) is 0 Å². The third kappa shape index (κ3) is 2.50. The van der Waals surface area contributed by atoms with E-state index in [1.165, 1.54) is 0 Å². The lowest BCUT2D eigenvalue weighted by Gasteiger charge is -2.28. The number of hydrogen-bond donors (Lipinski definition) is 1. The van der Waals surface area contributed by atoms with Crippen LogP contribution in [0.1, 0.15) is 28.4 Å². The van der Waals surface area contributed by atoms with Crippen molar-refractivity contribution in [3.8, 4) is 11.5 Å². The molecule has 1 heterocycles. The van der Waals surface area contributed by atoms with Gasteiger partial charge in [-0.15, -0.1) is 0 Å². The van der Waals surface area contributed by atoms with E-state index in [2.05, 4.69) is 5.32 Å². The maximum Gasteiger partial charge on any atom is 0.167 e. The number of methoxy groups -OCH3 is 2. The van der Waals surface area contributed by atoms with Crippen LogP contribution in [0.5, 0.6) is 11.5 Å². The van der Waals surface area contributed by atoms with Crippen molar-refractivity contribution in [3.05, 3.63) is 65.7 Å². The standard InChI is InChI=1S/C21H19NO3/c1-24-19-9-5-8-15(21(19)25-2)17-12-18(23)20-14-7-4-3-6-13(14)10-11-16(20)22-17/h3-11,17,22H,12H2,1-2H3/t17-/m0/s1. The van der Waals surface area contributed by atoms with Gasteiger partial charge in [0.2, 0.25) is 0 Å². The maximum absolute atomic E-state index is 12.9. The van der Waals surface area contributed by atoms with E-state index in [4.69, 9.17) is 9.47 Å². The second-order valence-corrected chi connectivity index (χ2v) is 6.12. The molecule has 25 heavy (non-hydrogen) atoms. The van der Waals surface area contributed by atoms with E-state index in [9.17, 15) is 4.79 Å². The van der Waals surface area contributed by atoms with Gasteiger partial charge < -0.3 is 14.8 Å². The highest BCUT2D eigenvalue weighted by Crippen LogP contribution is 2.42. The van der Waals surface area contributed by atoms with E-state index in [0.29, 0.717) is 17.9 Å². The molecule has 3 aromatic rings. The summed E-state index contributed by atoms with van der Waals surface area (Å²) in [6.07, 6.45) is 0.379. The number of nitrogens with one attached hydrogen (secondary N) is 1. The molecule has 3 aromatic carbocycles. The maximum atomic E-state index is 12.9. The Morgan fingerprint density at radius 3 is 2.60 bits per heavy atom. The minimum absolute atomic E-state index is 0.139. The first kappa shape index (κ1) is 15.5. The third-order valence-corrected chi connectivity index (χ3v) is 4.74. The molecular weight excluding hydrogens is 314 g/mol. The van der Waals surface area contributed by atoms with Gasteiger partial charge in [0.05, 0.1) is 20.3 Å². The van der Waals surface area contributed by atoms with E-state index < -0.39 is 0 Å². The van der Waals surface area contributed by atoms with Crippen molar-refractivity contribution in [2.45, 2.75) is 12.5 Å². The average Bonchev–Trinajstić information content (AvgIpc) is 2.66. The van der Waals surface area contributed by atoms with Crippen molar-refractivity contribution in [3.63, 3.8) is 0 Å². The average molecular weight is 333 g/mol. The van der Waals surface area contributed by atoms with Crippen LogP contribution in [0.4, 0.5) is 5.69 Å². The first-order chi connectivity index (χ1) is 12.2. The van der Waals surface area contributed by atoms with Gasteiger partial charge in [-0.3, -0.25) is 4.79 Å². The number of para-hydroxylation sites is 1. The van der Waals surface area contributed by atoms with E-state index in [1.807, 2.05) is 54.6 Å². The molecule has 4 nitrogen and oxygen atoms in total. The Morgan fingerprint density at radius 2 is 1.80 bits per heavy atom. The Hall–Kier alpha value is -3.01. The number of benzene rings is 3. The van der Waals surface area contributed by atoms with E-state index in [0.717, 1.165) is 27.6 Å². The van der Waals surface area contributed by atoms with Gasteiger partial charge in [-0.1, -0.05) is 42.5 Å². The highest BCUT2D eigenvalue weighted by atomic mass is 16.5. The summed E-state index contributed by atoms with van der Waals surface area (Å²) < 4.78 is 10.9. The summed E-state index contributed by atoms with van der Waals surface area (Å²) in [6, 6.07) is 17.6. The van der Waals surface area contributed by atoms with Crippen LogP contribution in [-0.4, -0.2) is 20.0 Å². The highest BCUT2D eigenvalue weighted by Gasteiger charge is 2.29. The lowest BCUT2D eigenvalue weighted by molar-refractivity contribution is 0.0973. The highest BCUT2D eigenvalue weighted by molar-refractivity contribution is 6.14. The molecule has 0 radical (unpaired) electrons. The molecule has 1 N–H and O–H groups in total. The Morgan fingerprint density at radius 1 is 0.960 bits per heavy atom. The Balaban J connectivity index is 1.81. The molecule has 1 atom stereocenters. The van der Waals surface area contributed by atoms with Crippen LogP contribution in [0, 0.1) is 0 Å². The van der Waals surface area contributed by atoms with Gasteiger partial charge in [-0.05, 0) is 22.9 Å². The van der Waals surface area contributed by atoms with Crippen LogP contribution in [-0.2, 0) is 0 Å². The number of fused-ring (bicyclic) bond motifs is 3. The normalized spacial score (nSPS) is 16.2. The summed E-state index contributed by atoms with van der Waals surface area (Å²) in [5.41, 5.74) is 2.56. The number of Topliss-reactive ketones (excluding diaryl/α,β-unsaturated/α-hetero) is 1. The predicted molar refractivity (Wildman–Crippen MR) is 98.8 cm³/mol. The van der Waals surface area contributed by atoms with Crippen LogP contribution >= 0.6 is 0 Å². The molecule has 0 unspecified atom stereocenters. The first-order valence-electron chi connectivity index (χ1n) is 8.25. The van der Waals surface area contributed by atoms with Crippen molar-refractivity contribution in [2.75, 3.05) is 19.5 Å². The SMILES string of the molecule is COc1cccc([C@@H]2CC(=O)c3c(ccc4ccccc34)N2)c1OC. The van der Waals surface area contributed by atoms with Crippen LogP contribution in [0.25, 0.3) is 10.8 Å². The lowest BCUT2D eigenvalue weighted by Crippen LogP contribution is -2.23. The zero-order valence-electron chi connectivity index (χ0n) is 14.2. The van der Waals surface area contributed by atoms with Gasteiger partial charge in [-0.2, -0.15) is 0 Å². The molecule has 4 rings (SSSR count). The molecule has 0 aliphatic carbocycles. The zero-order chi connectivity index (χ0) is 17.4. The predicted octanol–water partition coefficient (Wildman–Crippen LogP) is 4.60. The van der Waals surface area contributed by atoms with Gasteiger partial charge in [-0.25, -0.2) is 0 Å². The molecule has 1 aliphatic heterocycles.